The highest BCUT2D eigenvalue weighted by Gasteiger charge is 2.28. The third kappa shape index (κ3) is 1.26. The zero-order valence-electron chi connectivity index (χ0n) is 8.45. The summed E-state index contributed by atoms with van der Waals surface area (Å²) in [6.45, 7) is 2.17. The molecule has 0 aromatic heterocycles. The predicted molar refractivity (Wildman–Crippen MR) is 54.4 cm³/mol. The number of fused-ring (bicyclic) bond motifs is 1. The maximum absolute atomic E-state index is 9.00. The van der Waals surface area contributed by atoms with Crippen LogP contribution in [-0.2, 0) is 0 Å². The molecule has 2 heteroatoms. The molecule has 0 heterocycles. The van der Waals surface area contributed by atoms with Crippen molar-refractivity contribution in [3.8, 4) is 11.8 Å². The molecular formula is C12H13NO. The van der Waals surface area contributed by atoms with Gasteiger partial charge < -0.3 is 4.74 Å². The molecule has 1 aromatic rings. The number of benzene rings is 1. The number of ether oxygens (including phenoxy) is 1. The molecule has 0 amide bonds. The Bertz CT molecular complexity index is 392. The normalized spacial score (nSPS) is 24.1. The van der Waals surface area contributed by atoms with Gasteiger partial charge in [-0.05, 0) is 35.6 Å². The van der Waals surface area contributed by atoms with Crippen LogP contribution in [-0.4, -0.2) is 7.11 Å². The van der Waals surface area contributed by atoms with Gasteiger partial charge in [-0.15, -0.1) is 0 Å². The Morgan fingerprint density at radius 3 is 2.86 bits per heavy atom. The molecule has 2 atom stereocenters. The standard InChI is InChI=1S/C12H13NO/c1-8-5-9(7-13)12-6-10(14-2)3-4-11(8)12/h3-4,6,8-9H,5H2,1-2H3. The highest BCUT2D eigenvalue weighted by molar-refractivity contribution is 5.45. The fourth-order valence-electron chi connectivity index (χ4n) is 2.16. The lowest BCUT2D eigenvalue weighted by molar-refractivity contribution is 0.414. The summed E-state index contributed by atoms with van der Waals surface area (Å²) in [6, 6.07) is 8.39. The molecule has 14 heavy (non-hydrogen) atoms. The third-order valence-corrected chi connectivity index (χ3v) is 2.95. The summed E-state index contributed by atoms with van der Waals surface area (Å²) in [5.74, 6) is 1.40. The molecule has 0 saturated carbocycles. The molecule has 0 aliphatic heterocycles. The van der Waals surface area contributed by atoms with Crippen LogP contribution in [0.5, 0.6) is 5.75 Å². The van der Waals surface area contributed by atoms with E-state index >= 15 is 0 Å². The lowest BCUT2D eigenvalue weighted by Gasteiger charge is -2.06. The smallest absolute Gasteiger partial charge is 0.119 e. The summed E-state index contributed by atoms with van der Waals surface area (Å²) in [6.07, 6.45) is 0.943. The maximum atomic E-state index is 9.00. The van der Waals surface area contributed by atoms with E-state index in [1.807, 2.05) is 12.1 Å². The van der Waals surface area contributed by atoms with E-state index in [0.717, 1.165) is 17.7 Å². The fraction of sp³-hybridized carbons (Fsp3) is 0.417. The summed E-state index contributed by atoms with van der Waals surface area (Å²) < 4.78 is 5.16. The van der Waals surface area contributed by atoms with Crippen LogP contribution in [0.15, 0.2) is 18.2 Å². The second-order valence-corrected chi connectivity index (χ2v) is 3.81. The zero-order chi connectivity index (χ0) is 10.1. The molecule has 72 valence electrons. The average molecular weight is 187 g/mol. The van der Waals surface area contributed by atoms with Crippen LogP contribution in [0.2, 0.25) is 0 Å². The van der Waals surface area contributed by atoms with Crippen LogP contribution >= 0.6 is 0 Å². The Morgan fingerprint density at radius 2 is 2.21 bits per heavy atom. The van der Waals surface area contributed by atoms with E-state index < -0.39 is 0 Å². The molecule has 0 saturated heterocycles. The van der Waals surface area contributed by atoms with Crippen LogP contribution in [0, 0.1) is 11.3 Å². The minimum atomic E-state index is 0.0510. The Kier molecular flexibility index (Phi) is 2.17. The largest absolute Gasteiger partial charge is 0.497 e. The van der Waals surface area contributed by atoms with Crippen molar-refractivity contribution >= 4 is 0 Å². The average Bonchev–Trinajstić information content (AvgIpc) is 2.55. The molecule has 0 radical (unpaired) electrons. The van der Waals surface area contributed by atoms with Gasteiger partial charge in [0.25, 0.3) is 0 Å². The molecular weight excluding hydrogens is 174 g/mol. The monoisotopic (exact) mass is 187 g/mol. The number of methoxy groups -OCH3 is 1. The van der Waals surface area contributed by atoms with Gasteiger partial charge in [0.15, 0.2) is 0 Å². The van der Waals surface area contributed by atoms with Crippen molar-refractivity contribution in [2.24, 2.45) is 0 Å². The maximum Gasteiger partial charge on any atom is 0.119 e. The van der Waals surface area contributed by atoms with Gasteiger partial charge in [-0.1, -0.05) is 13.0 Å². The van der Waals surface area contributed by atoms with Crippen molar-refractivity contribution in [1.29, 1.82) is 5.26 Å². The Morgan fingerprint density at radius 1 is 1.43 bits per heavy atom. The summed E-state index contributed by atoms with van der Waals surface area (Å²) >= 11 is 0. The number of hydrogen-bond donors (Lipinski definition) is 0. The number of nitriles is 1. The van der Waals surface area contributed by atoms with Crippen LogP contribution in [0.1, 0.15) is 36.3 Å². The van der Waals surface area contributed by atoms with Gasteiger partial charge in [0.1, 0.15) is 5.75 Å². The van der Waals surface area contributed by atoms with Gasteiger partial charge in [-0.3, -0.25) is 0 Å². The van der Waals surface area contributed by atoms with Crippen LogP contribution < -0.4 is 4.74 Å². The molecule has 2 rings (SSSR count). The van der Waals surface area contributed by atoms with Crippen LogP contribution in [0.25, 0.3) is 0 Å². The quantitative estimate of drug-likeness (QED) is 0.677. The number of rotatable bonds is 1. The molecule has 1 aliphatic carbocycles. The molecule has 0 spiro atoms. The third-order valence-electron chi connectivity index (χ3n) is 2.95. The topological polar surface area (TPSA) is 33.0 Å². The van der Waals surface area contributed by atoms with Gasteiger partial charge in [-0.2, -0.15) is 5.26 Å². The van der Waals surface area contributed by atoms with E-state index in [9.17, 15) is 0 Å². The second kappa shape index (κ2) is 3.34. The lowest BCUT2D eigenvalue weighted by atomic mass is 10.0. The minimum absolute atomic E-state index is 0.0510. The van der Waals surface area contributed by atoms with Crippen LogP contribution in [0.4, 0.5) is 0 Å². The summed E-state index contributed by atoms with van der Waals surface area (Å²) in [4.78, 5) is 0. The Hall–Kier alpha value is -1.49. The Balaban J connectivity index is 2.48. The highest BCUT2D eigenvalue weighted by atomic mass is 16.5. The SMILES string of the molecule is COc1ccc2c(c1)C(C#N)CC2C. The lowest BCUT2D eigenvalue weighted by Crippen LogP contribution is -1.90. The van der Waals surface area contributed by atoms with E-state index in [0.29, 0.717) is 5.92 Å². The minimum Gasteiger partial charge on any atom is -0.497 e. The summed E-state index contributed by atoms with van der Waals surface area (Å²) in [5.41, 5.74) is 2.46. The van der Waals surface area contributed by atoms with Gasteiger partial charge in [0.05, 0.1) is 19.1 Å². The first-order chi connectivity index (χ1) is 6.76. The van der Waals surface area contributed by atoms with E-state index in [1.54, 1.807) is 7.11 Å². The van der Waals surface area contributed by atoms with Gasteiger partial charge in [0, 0.05) is 0 Å². The molecule has 0 fully saturated rings. The van der Waals surface area contributed by atoms with E-state index in [4.69, 9.17) is 10.00 Å². The molecule has 0 N–H and O–H groups in total. The van der Waals surface area contributed by atoms with Crippen molar-refractivity contribution in [3.63, 3.8) is 0 Å². The second-order valence-electron chi connectivity index (χ2n) is 3.81. The van der Waals surface area contributed by atoms with Crippen molar-refractivity contribution in [3.05, 3.63) is 29.3 Å². The number of hydrogen-bond acceptors (Lipinski definition) is 2. The molecule has 1 aliphatic rings. The predicted octanol–water partition coefficient (Wildman–Crippen LogP) is 2.81. The van der Waals surface area contributed by atoms with Gasteiger partial charge >= 0.3 is 0 Å². The van der Waals surface area contributed by atoms with E-state index in [2.05, 4.69) is 19.1 Å². The molecule has 2 unspecified atom stereocenters. The molecule has 1 aromatic carbocycles. The van der Waals surface area contributed by atoms with E-state index in [-0.39, 0.29) is 5.92 Å². The van der Waals surface area contributed by atoms with Gasteiger partial charge in [-0.25, -0.2) is 0 Å². The highest BCUT2D eigenvalue weighted by Crippen LogP contribution is 2.42. The first-order valence-electron chi connectivity index (χ1n) is 4.83. The zero-order valence-corrected chi connectivity index (χ0v) is 8.45. The van der Waals surface area contributed by atoms with Crippen molar-refractivity contribution < 1.29 is 4.74 Å². The molecule has 2 nitrogen and oxygen atoms in total. The molecule has 0 bridgehead atoms. The van der Waals surface area contributed by atoms with Crippen molar-refractivity contribution in [2.45, 2.75) is 25.2 Å². The van der Waals surface area contributed by atoms with E-state index in [1.165, 1.54) is 5.56 Å². The summed E-state index contributed by atoms with van der Waals surface area (Å²) in [5, 5.41) is 9.00. The first-order valence-corrected chi connectivity index (χ1v) is 4.83. The fourth-order valence-corrected chi connectivity index (χ4v) is 2.16. The summed E-state index contributed by atoms with van der Waals surface area (Å²) in [7, 11) is 1.65. The van der Waals surface area contributed by atoms with Crippen molar-refractivity contribution in [2.75, 3.05) is 7.11 Å². The number of nitrogens with zero attached hydrogens (tertiary/aromatic N) is 1. The van der Waals surface area contributed by atoms with Gasteiger partial charge in [0.2, 0.25) is 0 Å². The first kappa shape index (κ1) is 9.08. The Labute approximate surface area is 84.1 Å². The van der Waals surface area contributed by atoms with Crippen molar-refractivity contribution in [1.82, 2.24) is 0 Å². The van der Waals surface area contributed by atoms with Crippen LogP contribution in [0.3, 0.4) is 0 Å².